The number of hydrogen-bond acceptors (Lipinski definition) is 5. The van der Waals surface area contributed by atoms with Crippen molar-refractivity contribution in [2.45, 2.75) is 25.6 Å². The lowest BCUT2D eigenvalue weighted by molar-refractivity contribution is -0.134. The molecular formula is C9H11F3N2O4S2. The van der Waals surface area contributed by atoms with E-state index in [1.165, 1.54) is 5.38 Å². The highest BCUT2D eigenvalue weighted by molar-refractivity contribution is 7.89. The van der Waals surface area contributed by atoms with Gasteiger partial charge in [0.25, 0.3) is 0 Å². The minimum Gasteiger partial charge on any atom is -0.476 e. The summed E-state index contributed by atoms with van der Waals surface area (Å²) in [6.45, 7) is -0.244. The van der Waals surface area contributed by atoms with E-state index in [4.69, 9.17) is 5.11 Å². The zero-order valence-corrected chi connectivity index (χ0v) is 11.6. The van der Waals surface area contributed by atoms with E-state index in [9.17, 15) is 26.4 Å². The number of halogens is 3. The lowest BCUT2D eigenvalue weighted by Gasteiger charge is -2.07. The highest BCUT2D eigenvalue weighted by Crippen LogP contribution is 2.21. The molecule has 1 rings (SSSR count). The van der Waals surface area contributed by atoms with Crippen molar-refractivity contribution in [3.63, 3.8) is 0 Å². The largest absolute Gasteiger partial charge is 0.476 e. The zero-order chi connectivity index (χ0) is 15.4. The molecule has 0 fully saturated rings. The van der Waals surface area contributed by atoms with E-state index in [0.717, 1.165) is 11.3 Å². The molecule has 0 bridgehead atoms. The summed E-state index contributed by atoms with van der Waals surface area (Å²) < 4.78 is 60.5. The van der Waals surface area contributed by atoms with Crippen molar-refractivity contribution < 1.29 is 31.5 Å². The van der Waals surface area contributed by atoms with Crippen LogP contribution in [0.3, 0.4) is 0 Å². The first kappa shape index (κ1) is 16.9. The van der Waals surface area contributed by atoms with Crippen LogP contribution < -0.4 is 4.72 Å². The number of aromatic nitrogens is 1. The molecule has 0 aromatic carbocycles. The van der Waals surface area contributed by atoms with E-state index < -0.39 is 40.8 Å². The van der Waals surface area contributed by atoms with E-state index in [-0.39, 0.29) is 17.2 Å². The van der Waals surface area contributed by atoms with Crippen LogP contribution in [0, 0.1) is 0 Å². The molecule has 0 aliphatic heterocycles. The third kappa shape index (κ3) is 6.30. The normalized spacial score (nSPS) is 12.6. The number of hydrogen-bond donors (Lipinski definition) is 2. The molecule has 0 amide bonds. The fourth-order valence-electron chi connectivity index (χ4n) is 1.20. The Hall–Kier alpha value is -1.20. The van der Waals surface area contributed by atoms with Gasteiger partial charge in [0.15, 0.2) is 5.69 Å². The molecule has 1 aromatic heterocycles. The number of nitrogens with one attached hydrogen (secondary N) is 1. The summed E-state index contributed by atoms with van der Waals surface area (Å²) in [7, 11) is -3.84. The standard InChI is InChI=1S/C9H11F3N2O4S2/c10-9(11,12)2-1-3-20(17,18)13-4-7-14-6(5-19-7)8(15)16/h5,13H,1-4H2,(H,15,16). The summed E-state index contributed by atoms with van der Waals surface area (Å²) in [5.41, 5.74) is -0.207. The minimum atomic E-state index is -4.39. The molecule has 0 radical (unpaired) electrons. The number of sulfonamides is 1. The Morgan fingerprint density at radius 2 is 2.10 bits per heavy atom. The average Bonchev–Trinajstić information content (AvgIpc) is 2.73. The van der Waals surface area contributed by atoms with Crippen LogP contribution in [0.5, 0.6) is 0 Å². The van der Waals surface area contributed by atoms with E-state index >= 15 is 0 Å². The Bertz CT molecular complexity index is 568. The molecule has 0 spiro atoms. The molecule has 2 N–H and O–H groups in total. The highest BCUT2D eigenvalue weighted by atomic mass is 32.2. The van der Waals surface area contributed by atoms with E-state index in [1.807, 2.05) is 0 Å². The second-order valence-electron chi connectivity index (χ2n) is 3.79. The second kappa shape index (κ2) is 6.50. The first-order valence-corrected chi connectivity index (χ1v) is 7.84. The van der Waals surface area contributed by atoms with Crippen LogP contribution in [0.2, 0.25) is 0 Å². The first-order chi connectivity index (χ1) is 9.09. The number of alkyl halides is 3. The Kier molecular flexibility index (Phi) is 5.48. The van der Waals surface area contributed by atoms with Gasteiger partial charge >= 0.3 is 12.1 Å². The molecule has 0 saturated heterocycles. The van der Waals surface area contributed by atoms with Crippen molar-refractivity contribution in [2.75, 3.05) is 5.75 Å². The molecule has 11 heteroatoms. The van der Waals surface area contributed by atoms with Gasteiger partial charge in [0.05, 0.1) is 12.3 Å². The molecule has 1 heterocycles. The number of rotatable bonds is 7. The predicted molar refractivity (Wildman–Crippen MR) is 65.0 cm³/mol. The van der Waals surface area contributed by atoms with Gasteiger partial charge in [-0.15, -0.1) is 11.3 Å². The monoisotopic (exact) mass is 332 g/mol. The lowest BCUT2D eigenvalue weighted by Crippen LogP contribution is -2.26. The molecule has 1 aromatic rings. The topological polar surface area (TPSA) is 96.4 Å². The summed E-state index contributed by atoms with van der Waals surface area (Å²) >= 11 is 0.948. The molecule has 20 heavy (non-hydrogen) atoms. The molecule has 0 aliphatic carbocycles. The van der Waals surface area contributed by atoms with Crippen molar-refractivity contribution in [1.82, 2.24) is 9.71 Å². The van der Waals surface area contributed by atoms with Gasteiger partial charge in [-0.3, -0.25) is 0 Å². The summed E-state index contributed by atoms with van der Waals surface area (Å²) in [4.78, 5) is 14.2. The van der Waals surface area contributed by atoms with Gasteiger partial charge in [-0.25, -0.2) is 22.9 Å². The van der Waals surface area contributed by atoms with Crippen molar-refractivity contribution in [3.8, 4) is 0 Å². The smallest absolute Gasteiger partial charge is 0.389 e. The summed E-state index contributed by atoms with van der Waals surface area (Å²) in [5.74, 6) is -1.88. The van der Waals surface area contributed by atoms with Crippen LogP contribution in [-0.2, 0) is 16.6 Å². The number of carboxylic acids is 1. The maximum Gasteiger partial charge on any atom is 0.389 e. The fraction of sp³-hybridized carbons (Fsp3) is 0.556. The van der Waals surface area contributed by atoms with Crippen molar-refractivity contribution in [1.29, 1.82) is 0 Å². The zero-order valence-electron chi connectivity index (χ0n) is 9.98. The fourth-order valence-corrected chi connectivity index (χ4v) is 3.02. The quantitative estimate of drug-likeness (QED) is 0.791. The van der Waals surface area contributed by atoms with Crippen LogP contribution in [0.1, 0.15) is 28.3 Å². The van der Waals surface area contributed by atoms with Gasteiger partial charge in [0, 0.05) is 11.8 Å². The molecule has 114 valence electrons. The maximum absolute atomic E-state index is 11.9. The molecular weight excluding hydrogens is 321 g/mol. The van der Waals surface area contributed by atoms with Crippen LogP contribution in [0.4, 0.5) is 13.2 Å². The van der Waals surface area contributed by atoms with Crippen LogP contribution in [0.15, 0.2) is 5.38 Å². The third-order valence-electron chi connectivity index (χ3n) is 2.09. The maximum atomic E-state index is 11.9. The van der Waals surface area contributed by atoms with Gasteiger partial charge < -0.3 is 5.11 Å². The van der Waals surface area contributed by atoms with Crippen LogP contribution >= 0.6 is 11.3 Å². The van der Waals surface area contributed by atoms with Gasteiger partial charge in [0.1, 0.15) is 5.01 Å². The van der Waals surface area contributed by atoms with Crippen molar-refractivity contribution in [3.05, 3.63) is 16.1 Å². The number of carboxylic acid groups (broad SMARTS) is 1. The Balaban J connectivity index is 2.44. The molecule has 0 saturated carbocycles. The van der Waals surface area contributed by atoms with Crippen LogP contribution in [-0.4, -0.2) is 36.4 Å². The number of carbonyl (C=O) groups is 1. The number of thiazole rings is 1. The molecule has 0 unspecified atom stereocenters. The van der Waals surface area contributed by atoms with Gasteiger partial charge in [-0.05, 0) is 6.42 Å². The lowest BCUT2D eigenvalue weighted by atomic mass is 10.3. The number of aromatic carboxylic acids is 1. The average molecular weight is 332 g/mol. The second-order valence-corrected chi connectivity index (χ2v) is 6.66. The number of nitrogens with zero attached hydrogens (tertiary/aromatic N) is 1. The van der Waals surface area contributed by atoms with Gasteiger partial charge in [0.2, 0.25) is 10.0 Å². The summed E-state index contributed by atoms with van der Waals surface area (Å²) in [5, 5.41) is 10.1. The Morgan fingerprint density at radius 1 is 1.45 bits per heavy atom. The predicted octanol–water partition coefficient (Wildman–Crippen LogP) is 1.60. The van der Waals surface area contributed by atoms with E-state index in [2.05, 4.69) is 9.71 Å². The van der Waals surface area contributed by atoms with Gasteiger partial charge in [-0.2, -0.15) is 13.2 Å². The summed E-state index contributed by atoms with van der Waals surface area (Å²) in [6.07, 6.45) is -6.09. The van der Waals surface area contributed by atoms with E-state index in [1.54, 1.807) is 0 Å². The van der Waals surface area contributed by atoms with Gasteiger partial charge in [-0.1, -0.05) is 0 Å². The summed E-state index contributed by atoms with van der Waals surface area (Å²) in [6, 6.07) is 0. The molecule has 0 atom stereocenters. The SMILES string of the molecule is O=C(O)c1csc(CNS(=O)(=O)CCCC(F)(F)F)n1. The van der Waals surface area contributed by atoms with Crippen LogP contribution in [0.25, 0.3) is 0 Å². The third-order valence-corrected chi connectivity index (χ3v) is 4.35. The Labute approximate surface area is 116 Å². The Morgan fingerprint density at radius 3 is 2.60 bits per heavy atom. The van der Waals surface area contributed by atoms with E-state index in [0.29, 0.717) is 0 Å². The van der Waals surface area contributed by atoms with Crippen molar-refractivity contribution >= 4 is 27.3 Å². The highest BCUT2D eigenvalue weighted by Gasteiger charge is 2.27. The molecule has 0 aliphatic rings. The first-order valence-electron chi connectivity index (χ1n) is 5.31. The minimum absolute atomic E-state index is 0.207. The van der Waals surface area contributed by atoms with Crippen molar-refractivity contribution in [2.24, 2.45) is 0 Å². The molecule has 6 nitrogen and oxygen atoms in total.